The first kappa shape index (κ1) is 28.0. The van der Waals surface area contributed by atoms with Crippen molar-refractivity contribution in [2.24, 2.45) is 0 Å². The number of ether oxygens (including phenoxy) is 3. The monoisotopic (exact) mass is 530 g/mol. The highest BCUT2D eigenvalue weighted by Crippen LogP contribution is 2.31. The van der Waals surface area contributed by atoms with Crippen molar-refractivity contribution in [2.75, 3.05) is 20.3 Å². The Hall–Kier alpha value is -4.00. The van der Waals surface area contributed by atoms with Gasteiger partial charge in [-0.25, -0.2) is 0 Å². The summed E-state index contributed by atoms with van der Waals surface area (Å²) in [6, 6.07) is 22.6. The molecule has 0 aromatic heterocycles. The lowest BCUT2D eigenvalue weighted by Crippen LogP contribution is -2.52. The van der Waals surface area contributed by atoms with E-state index in [9.17, 15) is 9.59 Å². The summed E-state index contributed by atoms with van der Waals surface area (Å²) in [6.07, 6.45) is 2.00. The van der Waals surface area contributed by atoms with E-state index in [4.69, 9.17) is 14.2 Å². The minimum Gasteiger partial charge on any atom is -0.497 e. The van der Waals surface area contributed by atoms with Gasteiger partial charge in [0.2, 0.25) is 11.8 Å². The average Bonchev–Trinajstić information content (AvgIpc) is 2.98. The Bertz CT molecular complexity index is 1250. The van der Waals surface area contributed by atoms with Crippen molar-refractivity contribution >= 4 is 11.8 Å². The number of hydrogen-bond donors (Lipinski definition) is 1. The molecule has 0 unspecified atom stereocenters. The predicted octanol–water partition coefficient (Wildman–Crippen LogP) is 4.95. The molecule has 7 heteroatoms. The fourth-order valence-electron chi connectivity index (χ4n) is 4.60. The van der Waals surface area contributed by atoms with Crippen LogP contribution in [0, 0.1) is 0 Å². The third-order valence-electron chi connectivity index (χ3n) is 6.99. The zero-order valence-corrected chi connectivity index (χ0v) is 23.0. The fourth-order valence-corrected chi connectivity index (χ4v) is 4.60. The van der Waals surface area contributed by atoms with Crippen molar-refractivity contribution in [3.8, 4) is 17.2 Å². The number of fused-ring (bicyclic) bond motifs is 1. The van der Waals surface area contributed by atoms with Crippen LogP contribution in [0.3, 0.4) is 0 Å². The van der Waals surface area contributed by atoms with Crippen LogP contribution in [0.4, 0.5) is 0 Å². The molecule has 1 heterocycles. The van der Waals surface area contributed by atoms with E-state index in [0.29, 0.717) is 44.1 Å². The maximum absolute atomic E-state index is 13.9. The first-order chi connectivity index (χ1) is 19.0. The molecule has 3 aromatic carbocycles. The maximum atomic E-state index is 13.9. The SMILES string of the molecule is CC[C@@H](C)NC(=O)[C@H](Cc1ccccc1)N(Cc1cccc(OC)c1)C(=O)CCc1ccc2c(c1)OCCO2. The van der Waals surface area contributed by atoms with Gasteiger partial charge in [-0.1, -0.05) is 55.5 Å². The Balaban J connectivity index is 1.61. The van der Waals surface area contributed by atoms with E-state index in [2.05, 4.69) is 5.32 Å². The van der Waals surface area contributed by atoms with E-state index in [1.54, 1.807) is 12.0 Å². The number of nitrogens with zero attached hydrogens (tertiary/aromatic N) is 1. The van der Waals surface area contributed by atoms with Gasteiger partial charge in [-0.15, -0.1) is 0 Å². The standard InChI is InChI=1S/C32H38N2O5/c1-4-23(2)33-32(36)28(20-24-9-6-5-7-10-24)34(22-26-11-8-12-27(19-26)37-3)31(35)16-14-25-13-15-29-30(21-25)39-18-17-38-29/h5-13,15,19,21,23,28H,4,14,16-18,20,22H2,1-3H3,(H,33,36)/t23-,28+/m1/s1. The number of carbonyl (C=O) groups excluding carboxylic acids is 2. The number of amides is 2. The van der Waals surface area contributed by atoms with Gasteiger partial charge in [-0.05, 0) is 60.7 Å². The van der Waals surface area contributed by atoms with Crippen LogP contribution in [0.25, 0.3) is 0 Å². The van der Waals surface area contributed by atoms with Crippen molar-refractivity contribution in [1.82, 2.24) is 10.2 Å². The molecule has 0 saturated heterocycles. The molecular weight excluding hydrogens is 492 g/mol. The molecule has 1 aliphatic rings. The minimum atomic E-state index is -0.666. The lowest BCUT2D eigenvalue weighted by atomic mass is 10.0. The third kappa shape index (κ3) is 7.76. The van der Waals surface area contributed by atoms with Gasteiger partial charge in [0.05, 0.1) is 7.11 Å². The molecule has 7 nitrogen and oxygen atoms in total. The van der Waals surface area contributed by atoms with E-state index >= 15 is 0 Å². The Morgan fingerprint density at radius 1 is 0.923 bits per heavy atom. The van der Waals surface area contributed by atoms with Crippen LogP contribution in [0.15, 0.2) is 72.8 Å². The second-order valence-corrected chi connectivity index (χ2v) is 9.87. The van der Waals surface area contributed by atoms with Crippen LogP contribution in [-0.4, -0.2) is 49.1 Å². The average molecular weight is 531 g/mol. The molecule has 0 radical (unpaired) electrons. The van der Waals surface area contributed by atoms with Gasteiger partial charge in [0.15, 0.2) is 11.5 Å². The van der Waals surface area contributed by atoms with Crippen LogP contribution in [0.5, 0.6) is 17.2 Å². The normalized spacial score (nSPS) is 13.7. The topological polar surface area (TPSA) is 77.1 Å². The van der Waals surface area contributed by atoms with Gasteiger partial charge in [0.1, 0.15) is 25.0 Å². The lowest BCUT2D eigenvalue weighted by Gasteiger charge is -2.32. The Kier molecular flexibility index (Phi) is 9.84. The Morgan fingerprint density at radius 3 is 2.41 bits per heavy atom. The second kappa shape index (κ2) is 13.7. The smallest absolute Gasteiger partial charge is 0.243 e. The van der Waals surface area contributed by atoms with Crippen molar-refractivity contribution < 1.29 is 23.8 Å². The molecule has 2 amide bonds. The maximum Gasteiger partial charge on any atom is 0.243 e. The molecule has 39 heavy (non-hydrogen) atoms. The zero-order chi connectivity index (χ0) is 27.6. The van der Waals surface area contributed by atoms with Gasteiger partial charge in [0, 0.05) is 25.4 Å². The first-order valence-corrected chi connectivity index (χ1v) is 13.6. The van der Waals surface area contributed by atoms with E-state index in [1.165, 1.54) is 0 Å². The molecule has 0 saturated carbocycles. The van der Waals surface area contributed by atoms with E-state index < -0.39 is 6.04 Å². The van der Waals surface area contributed by atoms with Crippen LogP contribution in [0.1, 0.15) is 43.4 Å². The largest absolute Gasteiger partial charge is 0.497 e. The summed E-state index contributed by atoms with van der Waals surface area (Å²) in [6.45, 7) is 5.35. The number of hydrogen-bond acceptors (Lipinski definition) is 5. The van der Waals surface area contributed by atoms with E-state index in [0.717, 1.165) is 28.9 Å². The van der Waals surface area contributed by atoms with Gasteiger partial charge in [-0.3, -0.25) is 9.59 Å². The number of nitrogens with one attached hydrogen (secondary N) is 1. The first-order valence-electron chi connectivity index (χ1n) is 13.6. The van der Waals surface area contributed by atoms with Crippen molar-refractivity contribution in [3.05, 3.63) is 89.5 Å². The van der Waals surface area contributed by atoms with E-state index in [-0.39, 0.29) is 24.3 Å². The zero-order valence-electron chi connectivity index (χ0n) is 23.0. The molecular formula is C32H38N2O5. The highest BCUT2D eigenvalue weighted by atomic mass is 16.6. The summed E-state index contributed by atoms with van der Waals surface area (Å²) in [4.78, 5) is 29.3. The molecule has 3 aromatic rings. The molecule has 1 aliphatic heterocycles. The highest BCUT2D eigenvalue weighted by Gasteiger charge is 2.31. The number of methoxy groups -OCH3 is 1. The molecule has 206 valence electrons. The van der Waals surface area contributed by atoms with Crippen molar-refractivity contribution in [3.63, 3.8) is 0 Å². The molecule has 1 N–H and O–H groups in total. The van der Waals surface area contributed by atoms with Crippen molar-refractivity contribution in [1.29, 1.82) is 0 Å². The third-order valence-corrected chi connectivity index (χ3v) is 6.99. The predicted molar refractivity (Wildman–Crippen MR) is 151 cm³/mol. The van der Waals surface area contributed by atoms with Crippen LogP contribution in [0.2, 0.25) is 0 Å². The Labute approximate surface area is 231 Å². The quantitative estimate of drug-likeness (QED) is 0.358. The summed E-state index contributed by atoms with van der Waals surface area (Å²) in [5.41, 5.74) is 2.88. The molecule has 0 spiro atoms. The van der Waals surface area contributed by atoms with Gasteiger partial charge in [0.25, 0.3) is 0 Å². The number of carbonyl (C=O) groups is 2. The molecule has 0 fully saturated rings. The van der Waals surface area contributed by atoms with Crippen LogP contribution in [-0.2, 0) is 29.0 Å². The van der Waals surface area contributed by atoms with Gasteiger partial charge in [-0.2, -0.15) is 0 Å². The highest BCUT2D eigenvalue weighted by molar-refractivity contribution is 5.88. The fraction of sp³-hybridized carbons (Fsp3) is 0.375. The molecule has 0 aliphatic carbocycles. The molecule has 2 atom stereocenters. The summed E-state index contributed by atoms with van der Waals surface area (Å²) in [5, 5.41) is 3.11. The lowest BCUT2D eigenvalue weighted by molar-refractivity contribution is -0.141. The van der Waals surface area contributed by atoms with Crippen LogP contribution < -0.4 is 19.5 Å². The van der Waals surface area contributed by atoms with Crippen molar-refractivity contribution in [2.45, 2.75) is 58.2 Å². The van der Waals surface area contributed by atoms with Crippen LogP contribution >= 0.6 is 0 Å². The minimum absolute atomic E-state index is 0.00209. The number of aryl methyl sites for hydroxylation is 1. The second-order valence-electron chi connectivity index (χ2n) is 9.87. The van der Waals surface area contributed by atoms with Gasteiger partial charge >= 0.3 is 0 Å². The number of rotatable bonds is 12. The Morgan fingerprint density at radius 2 is 1.67 bits per heavy atom. The summed E-state index contributed by atoms with van der Waals surface area (Å²) < 4.78 is 16.8. The van der Waals surface area contributed by atoms with Gasteiger partial charge < -0.3 is 24.4 Å². The summed E-state index contributed by atoms with van der Waals surface area (Å²) in [5.74, 6) is 1.89. The molecule has 0 bridgehead atoms. The van der Waals surface area contributed by atoms with E-state index in [1.807, 2.05) is 86.6 Å². The summed E-state index contributed by atoms with van der Waals surface area (Å²) >= 11 is 0. The molecule has 4 rings (SSSR count). The summed E-state index contributed by atoms with van der Waals surface area (Å²) in [7, 11) is 1.62. The number of benzene rings is 3.